The summed E-state index contributed by atoms with van der Waals surface area (Å²) in [5.74, 6) is 0. The van der Waals surface area contributed by atoms with Crippen LogP contribution < -0.4 is 15.4 Å². The number of carbonyl (C=O) groups is 1. The second-order valence-electron chi connectivity index (χ2n) is 4.44. The Morgan fingerprint density at radius 1 is 1.26 bits per heavy atom. The molecule has 6 nitrogen and oxygen atoms in total. The monoisotopic (exact) mass is 285 g/mol. The summed E-state index contributed by atoms with van der Waals surface area (Å²) in [7, 11) is -2.18. The van der Waals surface area contributed by atoms with E-state index in [0.717, 1.165) is 5.56 Å². The van der Waals surface area contributed by atoms with Gasteiger partial charge < -0.3 is 10.6 Å². The van der Waals surface area contributed by atoms with Crippen LogP contribution in [0.15, 0.2) is 23.1 Å². The van der Waals surface area contributed by atoms with Gasteiger partial charge in [0, 0.05) is 11.7 Å². The number of aryl methyl sites for hydroxylation is 1. The van der Waals surface area contributed by atoms with E-state index in [4.69, 9.17) is 0 Å². The Hall–Kier alpha value is -1.60. The molecular weight excluding hydrogens is 266 g/mol. The van der Waals surface area contributed by atoms with E-state index in [9.17, 15) is 13.2 Å². The molecule has 0 atom stereocenters. The highest BCUT2D eigenvalue weighted by atomic mass is 32.2. The molecule has 0 aliphatic heterocycles. The molecule has 19 heavy (non-hydrogen) atoms. The highest BCUT2D eigenvalue weighted by molar-refractivity contribution is 7.89. The van der Waals surface area contributed by atoms with Crippen molar-refractivity contribution < 1.29 is 13.2 Å². The van der Waals surface area contributed by atoms with Crippen LogP contribution in [0.2, 0.25) is 0 Å². The van der Waals surface area contributed by atoms with Crippen molar-refractivity contribution in [1.29, 1.82) is 0 Å². The summed E-state index contributed by atoms with van der Waals surface area (Å²) in [6.45, 7) is 5.48. The van der Waals surface area contributed by atoms with Gasteiger partial charge in [0.25, 0.3) is 0 Å². The quantitative estimate of drug-likeness (QED) is 0.782. The molecule has 0 unspecified atom stereocenters. The third-order valence-electron chi connectivity index (χ3n) is 2.46. The fraction of sp³-hybridized carbons (Fsp3) is 0.417. The number of nitrogens with one attached hydrogen (secondary N) is 3. The molecule has 0 spiro atoms. The zero-order valence-corrected chi connectivity index (χ0v) is 12.3. The maximum absolute atomic E-state index is 11.7. The number of amides is 2. The summed E-state index contributed by atoms with van der Waals surface area (Å²) in [6.07, 6.45) is 0. The first-order chi connectivity index (χ1) is 8.76. The molecule has 0 radical (unpaired) electrons. The van der Waals surface area contributed by atoms with Gasteiger partial charge in [-0.25, -0.2) is 17.9 Å². The Balaban J connectivity index is 3.02. The lowest BCUT2D eigenvalue weighted by molar-refractivity contribution is 0.250. The smallest absolute Gasteiger partial charge is 0.319 e. The average Bonchev–Trinajstić information content (AvgIpc) is 2.30. The largest absolute Gasteiger partial charge is 0.336 e. The van der Waals surface area contributed by atoms with Crippen LogP contribution in [0.25, 0.3) is 0 Å². The van der Waals surface area contributed by atoms with Crippen LogP contribution in [0.1, 0.15) is 19.4 Å². The summed E-state index contributed by atoms with van der Waals surface area (Å²) >= 11 is 0. The fourth-order valence-corrected chi connectivity index (χ4v) is 2.20. The minimum atomic E-state index is -3.52. The number of anilines is 1. The summed E-state index contributed by atoms with van der Waals surface area (Å²) in [6, 6.07) is 4.21. The number of hydrogen-bond donors (Lipinski definition) is 3. The molecule has 7 heteroatoms. The molecule has 0 aliphatic rings. The van der Waals surface area contributed by atoms with Crippen molar-refractivity contribution in [2.75, 3.05) is 12.4 Å². The molecule has 1 aromatic rings. The van der Waals surface area contributed by atoms with Gasteiger partial charge in [0.2, 0.25) is 10.0 Å². The maximum atomic E-state index is 11.7. The lowest BCUT2D eigenvalue weighted by Gasteiger charge is -2.13. The van der Waals surface area contributed by atoms with Gasteiger partial charge >= 0.3 is 6.03 Å². The number of benzene rings is 1. The third-order valence-corrected chi connectivity index (χ3v) is 3.87. The number of carbonyl (C=O) groups excluding carboxylic acids is 1. The Morgan fingerprint density at radius 2 is 1.89 bits per heavy atom. The molecule has 0 aliphatic carbocycles. The minimum absolute atomic E-state index is 0.00419. The van der Waals surface area contributed by atoms with Crippen molar-refractivity contribution in [3.05, 3.63) is 23.8 Å². The first-order valence-electron chi connectivity index (χ1n) is 5.88. The van der Waals surface area contributed by atoms with Crippen molar-refractivity contribution >= 4 is 21.7 Å². The lowest BCUT2D eigenvalue weighted by atomic mass is 10.2. The van der Waals surface area contributed by atoms with Crippen LogP contribution in [0.4, 0.5) is 10.5 Å². The van der Waals surface area contributed by atoms with Crippen LogP contribution >= 0.6 is 0 Å². The van der Waals surface area contributed by atoms with E-state index in [-0.39, 0.29) is 17.0 Å². The zero-order chi connectivity index (χ0) is 14.6. The highest BCUT2D eigenvalue weighted by Gasteiger charge is 2.14. The van der Waals surface area contributed by atoms with Crippen LogP contribution in [0.5, 0.6) is 0 Å². The van der Waals surface area contributed by atoms with Gasteiger partial charge in [0.15, 0.2) is 0 Å². The van der Waals surface area contributed by atoms with E-state index in [1.165, 1.54) is 19.2 Å². The maximum Gasteiger partial charge on any atom is 0.319 e. The van der Waals surface area contributed by atoms with E-state index >= 15 is 0 Å². The Morgan fingerprint density at radius 3 is 2.42 bits per heavy atom. The first-order valence-corrected chi connectivity index (χ1v) is 7.36. The standard InChI is InChI=1S/C12H19N3O3S/c1-8(2)14-12(16)15-11-7-10(6-5-9(11)3)19(17,18)13-4/h5-8,13H,1-4H3,(H2,14,15,16). The van der Waals surface area contributed by atoms with Crippen molar-refractivity contribution in [3.8, 4) is 0 Å². The van der Waals surface area contributed by atoms with Gasteiger partial charge in [-0.1, -0.05) is 6.07 Å². The summed E-state index contributed by atoms with van der Waals surface area (Å²) in [5, 5.41) is 5.31. The topological polar surface area (TPSA) is 87.3 Å². The van der Waals surface area contributed by atoms with Gasteiger partial charge in [-0.05, 0) is 45.5 Å². The molecule has 0 aromatic heterocycles. The number of hydrogen-bond acceptors (Lipinski definition) is 3. The number of sulfonamides is 1. The molecule has 3 N–H and O–H groups in total. The third kappa shape index (κ3) is 4.22. The average molecular weight is 285 g/mol. The minimum Gasteiger partial charge on any atom is -0.336 e. The second kappa shape index (κ2) is 6.03. The first kappa shape index (κ1) is 15.5. The van der Waals surface area contributed by atoms with Crippen molar-refractivity contribution in [1.82, 2.24) is 10.0 Å². The molecule has 0 bridgehead atoms. The zero-order valence-electron chi connectivity index (χ0n) is 11.4. The molecule has 0 saturated heterocycles. The Bertz CT molecular complexity index is 568. The summed E-state index contributed by atoms with van der Waals surface area (Å²) < 4.78 is 25.6. The SMILES string of the molecule is CNS(=O)(=O)c1ccc(C)c(NC(=O)NC(C)C)c1. The molecule has 0 fully saturated rings. The molecule has 0 saturated carbocycles. The molecule has 1 aromatic carbocycles. The van der Waals surface area contributed by atoms with E-state index in [2.05, 4.69) is 15.4 Å². The van der Waals surface area contributed by atoms with Crippen LogP contribution in [0.3, 0.4) is 0 Å². The molecular formula is C12H19N3O3S. The van der Waals surface area contributed by atoms with Gasteiger partial charge in [-0.2, -0.15) is 0 Å². The van der Waals surface area contributed by atoms with Gasteiger partial charge in [0.05, 0.1) is 4.90 Å². The molecule has 0 heterocycles. The second-order valence-corrected chi connectivity index (χ2v) is 6.32. The van der Waals surface area contributed by atoms with Crippen LogP contribution in [-0.2, 0) is 10.0 Å². The number of rotatable bonds is 4. The van der Waals surface area contributed by atoms with E-state index in [0.29, 0.717) is 5.69 Å². The van der Waals surface area contributed by atoms with Gasteiger partial charge in [-0.3, -0.25) is 0 Å². The molecule has 2 amide bonds. The van der Waals surface area contributed by atoms with Crippen molar-refractivity contribution in [2.24, 2.45) is 0 Å². The molecule has 1 rings (SSSR count). The molecule has 106 valence electrons. The Kier molecular flexibility index (Phi) is 4.90. The Labute approximate surface area is 113 Å². The van der Waals surface area contributed by atoms with E-state index in [1.807, 2.05) is 13.8 Å². The van der Waals surface area contributed by atoms with Crippen LogP contribution in [-0.4, -0.2) is 27.5 Å². The summed E-state index contributed by atoms with van der Waals surface area (Å²) in [4.78, 5) is 11.7. The predicted octanol–water partition coefficient (Wildman–Crippen LogP) is 1.43. The highest BCUT2D eigenvalue weighted by Crippen LogP contribution is 2.19. The van der Waals surface area contributed by atoms with E-state index in [1.54, 1.807) is 13.0 Å². The summed E-state index contributed by atoms with van der Waals surface area (Å²) in [5.41, 5.74) is 1.25. The van der Waals surface area contributed by atoms with Crippen molar-refractivity contribution in [3.63, 3.8) is 0 Å². The van der Waals surface area contributed by atoms with Crippen LogP contribution in [0, 0.1) is 6.92 Å². The van der Waals surface area contributed by atoms with E-state index < -0.39 is 10.0 Å². The lowest BCUT2D eigenvalue weighted by Crippen LogP contribution is -2.34. The predicted molar refractivity (Wildman–Crippen MR) is 74.7 cm³/mol. The van der Waals surface area contributed by atoms with Gasteiger partial charge in [0.1, 0.15) is 0 Å². The number of urea groups is 1. The van der Waals surface area contributed by atoms with Gasteiger partial charge in [-0.15, -0.1) is 0 Å². The normalized spacial score (nSPS) is 11.4. The van der Waals surface area contributed by atoms with Crippen molar-refractivity contribution in [2.45, 2.75) is 31.7 Å². The fourth-order valence-electron chi connectivity index (χ4n) is 1.44.